The molecule has 5 nitrogen and oxygen atoms in total. The van der Waals surface area contributed by atoms with E-state index in [2.05, 4.69) is 0 Å². The standard InChI is InChI=1S/C22H23FN2O3S/c1-2-16-7-6-8-18(13-16)25-15-21(22(26)24-11-4-3-5-12-24)29(27,28)20-10-9-17(23)14-19(20)25/h6-10,13-15H,2-5,11-12H2,1H3. The number of hydrogen-bond donors (Lipinski definition) is 0. The second-order valence-electron chi connectivity index (χ2n) is 7.36. The minimum absolute atomic E-state index is 0.0522. The van der Waals surface area contributed by atoms with Crippen LogP contribution in [0.4, 0.5) is 15.8 Å². The smallest absolute Gasteiger partial charge is 0.267 e. The van der Waals surface area contributed by atoms with Crippen LogP contribution in [0.5, 0.6) is 0 Å². The van der Waals surface area contributed by atoms with Crippen molar-refractivity contribution in [3.05, 3.63) is 65.0 Å². The molecule has 0 saturated carbocycles. The first-order valence-electron chi connectivity index (χ1n) is 9.85. The average Bonchev–Trinajstić information content (AvgIpc) is 2.74. The topological polar surface area (TPSA) is 57.7 Å². The van der Waals surface area contributed by atoms with Crippen molar-refractivity contribution in [1.82, 2.24) is 4.90 Å². The third-order valence-electron chi connectivity index (χ3n) is 5.46. The maximum Gasteiger partial charge on any atom is 0.267 e. The summed E-state index contributed by atoms with van der Waals surface area (Å²) < 4.78 is 40.5. The van der Waals surface area contributed by atoms with E-state index in [0.29, 0.717) is 18.8 Å². The lowest BCUT2D eigenvalue weighted by atomic mass is 10.1. The summed E-state index contributed by atoms with van der Waals surface area (Å²) in [5.41, 5.74) is 1.97. The largest absolute Gasteiger partial charge is 0.338 e. The van der Waals surface area contributed by atoms with Gasteiger partial charge < -0.3 is 9.80 Å². The van der Waals surface area contributed by atoms with Gasteiger partial charge in [0.2, 0.25) is 9.84 Å². The minimum Gasteiger partial charge on any atom is -0.338 e. The molecule has 1 fully saturated rings. The fourth-order valence-electron chi connectivity index (χ4n) is 3.84. The molecular formula is C22H23FN2O3S. The highest BCUT2D eigenvalue weighted by molar-refractivity contribution is 7.96. The summed E-state index contributed by atoms with van der Waals surface area (Å²) in [5, 5.41) is 0. The Labute approximate surface area is 170 Å². The van der Waals surface area contributed by atoms with Gasteiger partial charge in [0.05, 0.1) is 10.6 Å². The Morgan fingerprint density at radius 2 is 1.83 bits per heavy atom. The molecule has 1 saturated heterocycles. The van der Waals surface area contributed by atoms with E-state index in [1.807, 2.05) is 31.2 Å². The van der Waals surface area contributed by atoms with Gasteiger partial charge in [0.1, 0.15) is 5.82 Å². The Bertz CT molecular complexity index is 1090. The lowest BCUT2D eigenvalue weighted by Gasteiger charge is -2.32. The zero-order valence-electron chi connectivity index (χ0n) is 16.3. The van der Waals surface area contributed by atoms with Crippen LogP contribution < -0.4 is 4.90 Å². The number of halogens is 1. The van der Waals surface area contributed by atoms with Crippen molar-refractivity contribution in [1.29, 1.82) is 0 Å². The SMILES string of the molecule is CCc1cccc(N2C=C(C(=O)N3CCCCC3)S(=O)(=O)c3ccc(F)cc32)c1. The van der Waals surface area contributed by atoms with Crippen LogP contribution in [0.25, 0.3) is 0 Å². The fourth-order valence-corrected chi connectivity index (χ4v) is 5.36. The lowest BCUT2D eigenvalue weighted by molar-refractivity contribution is -0.127. The summed E-state index contributed by atoms with van der Waals surface area (Å²) in [5.74, 6) is -1.02. The summed E-state index contributed by atoms with van der Waals surface area (Å²) in [4.78, 5) is 16.0. The van der Waals surface area contributed by atoms with Crippen molar-refractivity contribution in [2.45, 2.75) is 37.5 Å². The molecule has 0 N–H and O–H groups in total. The van der Waals surface area contributed by atoms with Crippen molar-refractivity contribution in [2.24, 2.45) is 0 Å². The van der Waals surface area contributed by atoms with Gasteiger partial charge in [-0.1, -0.05) is 19.1 Å². The van der Waals surface area contributed by atoms with Crippen LogP contribution in [0.2, 0.25) is 0 Å². The molecule has 0 aromatic heterocycles. The number of nitrogens with zero attached hydrogens (tertiary/aromatic N) is 2. The van der Waals surface area contributed by atoms with Gasteiger partial charge in [-0.25, -0.2) is 12.8 Å². The predicted molar refractivity (Wildman–Crippen MR) is 110 cm³/mol. The number of piperidine rings is 1. The van der Waals surface area contributed by atoms with Gasteiger partial charge >= 0.3 is 0 Å². The quantitative estimate of drug-likeness (QED) is 0.708. The summed E-state index contributed by atoms with van der Waals surface area (Å²) in [6.45, 7) is 3.12. The Morgan fingerprint density at radius 3 is 2.55 bits per heavy atom. The van der Waals surface area contributed by atoms with Crippen molar-refractivity contribution < 1.29 is 17.6 Å². The Balaban J connectivity index is 1.87. The van der Waals surface area contributed by atoms with E-state index in [1.54, 1.807) is 9.80 Å². The monoisotopic (exact) mass is 414 g/mol. The number of benzene rings is 2. The summed E-state index contributed by atoms with van der Waals surface area (Å²) in [6, 6.07) is 11.1. The zero-order valence-corrected chi connectivity index (χ0v) is 17.1. The maximum absolute atomic E-state index is 14.0. The van der Waals surface area contributed by atoms with E-state index in [4.69, 9.17) is 0 Å². The molecule has 0 spiro atoms. The second kappa shape index (κ2) is 7.63. The molecule has 0 aliphatic carbocycles. The third kappa shape index (κ3) is 3.55. The van der Waals surface area contributed by atoms with Gasteiger partial charge in [0.25, 0.3) is 5.91 Å². The van der Waals surface area contributed by atoms with Crippen LogP contribution in [0, 0.1) is 5.82 Å². The molecule has 7 heteroatoms. The zero-order chi connectivity index (χ0) is 20.6. The van der Waals surface area contributed by atoms with Crippen LogP contribution in [0.3, 0.4) is 0 Å². The molecule has 2 aromatic rings. The number of carbonyl (C=O) groups excluding carboxylic acids is 1. The first-order chi connectivity index (χ1) is 13.9. The van der Waals surface area contributed by atoms with E-state index >= 15 is 0 Å². The van der Waals surface area contributed by atoms with Crippen LogP contribution in [-0.4, -0.2) is 32.3 Å². The molecule has 29 heavy (non-hydrogen) atoms. The molecule has 2 aromatic carbocycles. The van der Waals surface area contributed by atoms with Gasteiger partial charge in [-0.3, -0.25) is 4.79 Å². The van der Waals surface area contributed by atoms with Crippen LogP contribution in [0.15, 0.2) is 58.5 Å². The Morgan fingerprint density at radius 1 is 1.07 bits per heavy atom. The minimum atomic E-state index is -4.04. The summed E-state index contributed by atoms with van der Waals surface area (Å²) in [6.07, 6.45) is 4.92. The van der Waals surface area contributed by atoms with Crippen molar-refractivity contribution in [2.75, 3.05) is 18.0 Å². The Kier molecular flexibility index (Phi) is 5.17. The molecule has 0 radical (unpaired) electrons. The summed E-state index contributed by atoms with van der Waals surface area (Å²) in [7, 11) is -4.04. The van der Waals surface area contributed by atoms with Gasteiger partial charge in [-0.2, -0.15) is 0 Å². The average molecular weight is 415 g/mol. The van der Waals surface area contributed by atoms with Crippen molar-refractivity contribution in [3.8, 4) is 0 Å². The predicted octanol–water partition coefficient (Wildman–Crippen LogP) is 4.17. The lowest BCUT2D eigenvalue weighted by Crippen LogP contribution is -2.39. The van der Waals surface area contributed by atoms with Crippen LogP contribution in [0.1, 0.15) is 31.7 Å². The molecule has 2 aliphatic heterocycles. The molecule has 1 amide bonds. The number of likely N-dealkylation sites (tertiary alicyclic amines) is 1. The van der Waals surface area contributed by atoms with Gasteiger partial charge in [-0.15, -0.1) is 0 Å². The number of hydrogen-bond acceptors (Lipinski definition) is 4. The van der Waals surface area contributed by atoms with Gasteiger partial charge in [-0.05, 0) is 61.6 Å². The number of anilines is 2. The first-order valence-corrected chi connectivity index (χ1v) is 11.3. The van der Waals surface area contributed by atoms with E-state index in [0.717, 1.165) is 37.3 Å². The van der Waals surface area contributed by atoms with E-state index < -0.39 is 21.6 Å². The number of aryl methyl sites for hydroxylation is 1. The maximum atomic E-state index is 14.0. The molecule has 2 heterocycles. The number of rotatable bonds is 3. The van der Waals surface area contributed by atoms with Crippen molar-refractivity contribution in [3.63, 3.8) is 0 Å². The molecule has 152 valence electrons. The van der Waals surface area contributed by atoms with Crippen LogP contribution >= 0.6 is 0 Å². The molecule has 4 rings (SSSR count). The first kappa shape index (κ1) is 19.6. The highest BCUT2D eigenvalue weighted by atomic mass is 32.2. The molecule has 0 atom stereocenters. The fraction of sp³-hybridized carbons (Fsp3) is 0.318. The third-order valence-corrected chi connectivity index (χ3v) is 7.24. The van der Waals surface area contributed by atoms with Gasteiger partial charge in [0, 0.05) is 25.0 Å². The Hall–Kier alpha value is -2.67. The van der Waals surface area contributed by atoms with E-state index in [-0.39, 0.29) is 15.5 Å². The number of sulfone groups is 1. The van der Waals surface area contributed by atoms with Gasteiger partial charge in [0.15, 0.2) is 4.91 Å². The molecule has 2 aliphatic rings. The highest BCUT2D eigenvalue weighted by Crippen LogP contribution is 2.40. The highest BCUT2D eigenvalue weighted by Gasteiger charge is 2.38. The van der Waals surface area contributed by atoms with E-state index in [1.165, 1.54) is 18.3 Å². The van der Waals surface area contributed by atoms with Crippen LogP contribution in [-0.2, 0) is 21.1 Å². The van der Waals surface area contributed by atoms with Crippen molar-refractivity contribution >= 4 is 27.1 Å². The number of amides is 1. The number of fused-ring (bicyclic) bond motifs is 1. The molecular weight excluding hydrogens is 391 g/mol. The van der Waals surface area contributed by atoms with E-state index in [9.17, 15) is 17.6 Å². The molecule has 0 unspecified atom stereocenters. The number of carbonyl (C=O) groups is 1. The molecule has 0 bridgehead atoms. The second-order valence-corrected chi connectivity index (χ2v) is 9.24. The normalized spacial score (nSPS) is 18.2. The summed E-state index contributed by atoms with van der Waals surface area (Å²) >= 11 is 0.